The molecule has 1 aliphatic heterocycles. The Kier molecular flexibility index (Phi) is 12.0. The topological polar surface area (TPSA) is 29.7 Å². The largest absolute Gasteiger partial charge is 0.304 e. The molecule has 0 spiro atoms. The first-order valence-electron chi connectivity index (χ1n) is 13.5. The maximum Gasteiger partial charge on any atom is 0.216 e. The molecule has 0 saturated carbocycles. The molecule has 4 heteroatoms. The number of benzene rings is 3. The van der Waals surface area contributed by atoms with Crippen molar-refractivity contribution in [2.24, 2.45) is 0 Å². The van der Waals surface area contributed by atoms with E-state index in [4.69, 9.17) is 0 Å². The third-order valence-corrected chi connectivity index (χ3v) is 6.92. The van der Waals surface area contributed by atoms with Gasteiger partial charge in [0.2, 0.25) is 5.69 Å². The zero-order valence-corrected chi connectivity index (χ0v) is 26.0. The van der Waals surface area contributed by atoms with Crippen LogP contribution in [0.1, 0.15) is 29.7 Å². The normalized spacial score (nSPS) is 10.3. The zero-order chi connectivity index (χ0) is 27.7. The minimum atomic E-state index is 0. The van der Waals surface area contributed by atoms with Gasteiger partial charge in [0.25, 0.3) is 0 Å². The van der Waals surface area contributed by atoms with Crippen molar-refractivity contribution < 1.29 is 24.7 Å². The average Bonchev–Trinajstić information content (AvgIpc) is 3.39. The molecule has 3 aromatic carbocycles. The molecule has 1 radical (unpaired) electrons. The van der Waals surface area contributed by atoms with Crippen LogP contribution in [-0.2, 0) is 26.7 Å². The second kappa shape index (κ2) is 15.7. The summed E-state index contributed by atoms with van der Waals surface area (Å²) in [5.41, 5.74) is 12.3. The Hall–Kier alpha value is -4.24. The van der Waals surface area contributed by atoms with Gasteiger partial charge in [-0.05, 0) is 56.3 Å². The number of aromatic nitrogens is 3. The van der Waals surface area contributed by atoms with Crippen molar-refractivity contribution in [3.8, 4) is 33.8 Å². The van der Waals surface area contributed by atoms with Gasteiger partial charge >= 0.3 is 0 Å². The van der Waals surface area contributed by atoms with E-state index in [9.17, 15) is 0 Å². The molecule has 3 nitrogen and oxygen atoms in total. The van der Waals surface area contributed by atoms with E-state index in [1.807, 2.05) is 67.0 Å². The molecule has 0 atom stereocenters. The van der Waals surface area contributed by atoms with Crippen LogP contribution in [0.2, 0.25) is 0 Å². The summed E-state index contributed by atoms with van der Waals surface area (Å²) in [5, 5.41) is 0. The Bertz CT molecular complexity index is 1620. The number of fused-ring (bicyclic) bond motifs is 3. The smallest absolute Gasteiger partial charge is 0.216 e. The Morgan fingerprint density at radius 1 is 0.619 bits per heavy atom. The summed E-state index contributed by atoms with van der Waals surface area (Å²) in [6, 6.07) is 42.3. The second-order valence-corrected chi connectivity index (χ2v) is 9.80. The molecule has 0 saturated heterocycles. The van der Waals surface area contributed by atoms with E-state index in [1.54, 1.807) is 0 Å². The van der Waals surface area contributed by atoms with Crippen LogP contribution >= 0.6 is 0 Å². The third-order valence-electron chi connectivity index (χ3n) is 6.92. The van der Waals surface area contributed by atoms with Crippen molar-refractivity contribution in [2.45, 2.75) is 34.7 Å². The predicted molar refractivity (Wildman–Crippen MR) is 170 cm³/mol. The molecule has 0 fully saturated rings. The molecule has 213 valence electrons. The van der Waals surface area contributed by atoms with Gasteiger partial charge in [-0.2, -0.15) is 4.57 Å². The summed E-state index contributed by atoms with van der Waals surface area (Å²) in [4.78, 5) is 8.67. The summed E-state index contributed by atoms with van der Waals surface area (Å²) < 4.78 is 2.32. The molecule has 0 unspecified atom stereocenters. The minimum absolute atomic E-state index is 0. The van der Waals surface area contributed by atoms with E-state index in [0.717, 1.165) is 23.5 Å². The predicted octanol–water partition coefficient (Wildman–Crippen LogP) is 8.86. The molecule has 0 N–H and O–H groups in total. The van der Waals surface area contributed by atoms with Gasteiger partial charge in [0.1, 0.15) is 0 Å². The van der Waals surface area contributed by atoms with Gasteiger partial charge in [-0.25, -0.2) is 0 Å². The number of rotatable bonds is 2. The standard InChI is InChI=1S/C13H12N.C12H11N.C12H10N.CH4.Ir/c1-10-5-4-8-14-9-11-6-2-3-7-12(11)13(10)14;2*1-10-6-5-9-13-12(10)11-7-3-2-4-8-11;;/h2-8H,9H2,1H3;2-9H,1H3;2-7,9H,1H3;1H4;/q+1;;-1;;. The van der Waals surface area contributed by atoms with Gasteiger partial charge in [0.15, 0.2) is 12.7 Å². The maximum atomic E-state index is 4.35. The van der Waals surface area contributed by atoms with Crippen LogP contribution in [0, 0.1) is 26.8 Å². The maximum absolute atomic E-state index is 4.35. The van der Waals surface area contributed by atoms with Gasteiger partial charge in [-0.1, -0.05) is 73.7 Å². The van der Waals surface area contributed by atoms with Crippen molar-refractivity contribution in [1.29, 1.82) is 0 Å². The van der Waals surface area contributed by atoms with Crippen LogP contribution < -0.4 is 4.57 Å². The second-order valence-electron chi connectivity index (χ2n) is 9.80. The fraction of sp³-hybridized carbons (Fsp3) is 0.132. The summed E-state index contributed by atoms with van der Waals surface area (Å²) in [5.74, 6) is 0. The first-order valence-corrected chi connectivity index (χ1v) is 13.5. The summed E-state index contributed by atoms with van der Waals surface area (Å²) in [6.07, 6.45) is 5.79. The van der Waals surface area contributed by atoms with Gasteiger partial charge in [-0.15, -0.1) is 35.9 Å². The quantitative estimate of drug-likeness (QED) is 0.132. The van der Waals surface area contributed by atoms with Gasteiger partial charge in [-0.3, -0.25) is 4.98 Å². The zero-order valence-electron chi connectivity index (χ0n) is 23.6. The molecule has 4 heterocycles. The van der Waals surface area contributed by atoms with Crippen LogP contribution in [0.3, 0.4) is 0 Å². The number of hydrogen-bond donors (Lipinski definition) is 0. The van der Waals surface area contributed by atoms with E-state index in [0.29, 0.717) is 0 Å². The first kappa shape index (κ1) is 32.3. The van der Waals surface area contributed by atoms with Crippen LogP contribution in [0.25, 0.3) is 33.8 Å². The summed E-state index contributed by atoms with van der Waals surface area (Å²) >= 11 is 0. The van der Waals surface area contributed by atoms with E-state index in [1.165, 1.54) is 39.1 Å². The Balaban J connectivity index is 0.000000169. The monoisotopic (exact) mass is 728 g/mol. The van der Waals surface area contributed by atoms with Gasteiger partial charge in [0, 0.05) is 55.3 Å². The fourth-order valence-electron chi connectivity index (χ4n) is 4.94. The molecule has 42 heavy (non-hydrogen) atoms. The van der Waals surface area contributed by atoms with Crippen LogP contribution in [0.5, 0.6) is 0 Å². The Morgan fingerprint density at radius 2 is 1.24 bits per heavy atom. The average molecular weight is 728 g/mol. The molecular formula is C38H37IrN3. The molecule has 0 amide bonds. The van der Waals surface area contributed by atoms with E-state index in [-0.39, 0.29) is 27.5 Å². The third kappa shape index (κ3) is 7.73. The van der Waals surface area contributed by atoms with Gasteiger partial charge < -0.3 is 4.98 Å². The molecule has 6 aromatic rings. The first-order chi connectivity index (χ1) is 19.6. The van der Waals surface area contributed by atoms with Crippen molar-refractivity contribution in [3.63, 3.8) is 0 Å². The van der Waals surface area contributed by atoms with E-state index < -0.39 is 0 Å². The summed E-state index contributed by atoms with van der Waals surface area (Å²) in [6.45, 7) is 7.33. The number of pyridine rings is 3. The molecular weight excluding hydrogens is 691 g/mol. The Labute approximate surface area is 264 Å². The van der Waals surface area contributed by atoms with Crippen molar-refractivity contribution in [1.82, 2.24) is 9.97 Å². The molecule has 1 aliphatic rings. The van der Waals surface area contributed by atoms with Crippen LogP contribution in [0.15, 0.2) is 134 Å². The van der Waals surface area contributed by atoms with Crippen LogP contribution in [-0.4, -0.2) is 9.97 Å². The van der Waals surface area contributed by atoms with E-state index >= 15 is 0 Å². The SMILES string of the molecule is C.Cc1ccc[n+]2c1-c1ccccc1C2.Cc1cccnc1-c1[c-]cccc1.Cc1cccnc1-c1ccccc1.[Ir]. The van der Waals surface area contributed by atoms with E-state index in [2.05, 4.69) is 108 Å². The summed E-state index contributed by atoms with van der Waals surface area (Å²) in [7, 11) is 0. The Morgan fingerprint density at radius 3 is 1.90 bits per heavy atom. The molecule has 0 bridgehead atoms. The fourth-order valence-corrected chi connectivity index (χ4v) is 4.94. The number of aryl methyl sites for hydroxylation is 3. The molecule has 7 rings (SSSR count). The van der Waals surface area contributed by atoms with Crippen molar-refractivity contribution in [2.75, 3.05) is 0 Å². The molecule has 3 aromatic heterocycles. The van der Waals surface area contributed by atoms with Crippen molar-refractivity contribution in [3.05, 3.63) is 162 Å². The minimum Gasteiger partial charge on any atom is -0.304 e. The number of nitrogens with zero attached hydrogens (tertiary/aromatic N) is 3. The van der Waals surface area contributed by atoms with Gasteiger partial charge in [0.05, 0.1) is 11.3 Å². The number of hydrogen-bond acceptors (Lipinski definition) is 2. The molecule has 0 aliphatic carbocycles. The van der Waals surface area contributed by atoms with Crippen molar-refractivity contribution >= 4 is 0 Å². The van der Waals surface area contributed by atoms with Crippen LogP contribution in [0.4, 0.5) is 0 Å².